The molecule has 0 saturated heterocycles. The minimum atomic E-state index is -0.760. The highest BCUT2D eigenvalue weighted by atomic mass is 19.1. The predicted molar refractivity (Wildman–Crippen MR) is 144 cm³/mol. The molecule has 1 aromatic carbocycles. The highest BCUT2D eigenvalue weighted by Crippen LogP contribution is 2.37. The molecule has 0 atom stereocenters. The van der Waals surface area contributed by atoms with E-state index in [0.717, 1.165) is 64.2 Å². The monoisotopic (exact) mass is 493 g/mol. The van der Waals surface area contributed by atoms with E-state index in [9.17, 15) is 9.18 Å². The molecule has 0 spiro atoms. The number of ether oxygens (including phenoxy) is 1. The largest absolute Gasteiger partial charge is 0.462 e. The summed E-state index contributed by atoms with van der Waals surface area (Å²) in [5.74, 6) is 0.522. The van der Waals surface area contributed by atoms with Gasteiger partial charge in [0.05, 0.1) is 5.92 Å². The molecule has 2 saturated carbocycles. The van der Waals surface area contributed by atoms with Crippen molar-refractivity contribution in [2.24, 2.45) is 11.8 Å². The number of unbranched alkanes of at least 4 members (excludes halogenated alkanes) is 3. The van der Waals surface area contributed by atoms with Gasteiger partial charge in [-0.3, -0.25) is 4.79 Å². The molecule has 4 heteroatoms. The fraction of sp³-hybridized carbons (Fsp3) is 0.625. The van der Waals surface area contributed by atoms with E-state index in [1.54, 1.807) is 6.08 Å². The summed E-state index contributed by atoms with van der Waals surface area (Å²) in [5, 5.41) is 8.40. The Morgan fingerprint density at radius 3 is 2.42 bits per heavy atom. The average molecular weight is 494 g/mol. The Labute approximate surface area is 217 Å². The lowest BCUT2D eigenvalue weighted by molar-refractivity contribution is -0.157. The van der Waals surface area contributed by atoms with Crippen molar-refractivity contribution >= 4 is 5.97 Å². The minimum Gasteiger partial charge on any atom is -0.462 e. The molecule has 0 amide bonds. The number of rotatable bonds is 12. The van der Waals surface area contributed by atoms with E-state index in [4.69, 9.17) is 10.00 Å². The quantitative estimate of drug-likeness (QED) is 0.126. The van der Waals surface area contributed by atoms with Crippen LogP contribution in [0.4, 0.5) is 4.39 Å². The van der Waals surface area contributed by atoms with Gasteiger partial charge in [0, 0.05) is 0 Å². The van der Waals surface area contributed by atoms with E-state index in [1.807, 2.05) is 6.08 Å². The molecular formula is C32H44FNO2. The summed E-state index contributed by atoms with van der Waals surface area (Å²) in [7, 11) is 0. The van der Waals surface area contributed by atoms with Gasteiger partial charge in [-0.15, -0.1) is 0 Å². The third kappa shape index (κ3) is 9.57. The number of benzene rings is 1. The summed E-state index contributed by atoms with van der Waals surface area (Å²) in [5.41, 5.74) is 2.87. The van der Waals surface area contributed by atoms with Crippen LogP contribution in [0.15, 0.2) is 48.3 Å². The Balaban J connectivity index is 1.31. The van der Waals surface area contributed by atoms with Gasteiger partial charge in [-0.1, -0.05) is 62.6 Å². The summed E-state index contributed by atoms with van der Waals surface area (Å²) >= 11 is 0. The Hall–Kier alpha value is -2.41. The summed E-state index contributed by atoms with van der Waals surface area (Å²) < 4.78 is 18.7. The zero-order valence-electron chi connectivity index (χ0n) is 22.1. The zero-order chi connectivity index (χ0) is 25.6. The predicted octanol–water partition coefficient (Wildman–Crippen LogP) is 8.90. The fourth-order valence-electron chi connectivity index (χ4n) is 5.79. The Morgan fingerprint density at radius 1 is 1.03 bits per heavy atom. The number of hydrogen-bond acceptors (Lipinski definition) is 3. The van der Waals surface area contributed by atoms with Crippen LogP contribution >= 0.6 is 0 Å². The number of aryl methyl sites for hydroxylation is 1. The third-order valence-corrected chi connectivity index (χ3v) is 8.13. The standard InChI is InChI=1S/C32H44FNO2/c1-2-3-4-6-9-25-12-16-27(17-13-25)28-18-20-29(21-19-28)32(35)36-31-22-14-26(15-23-31)10-7-5-8-11-30(33)24-34/h5,8,11-13,16-17,26,28-29,31H,2-4,6-7,9-10,14-15,18-23H2,1H3/t26-,28-,29-,31-. The van der Waals surface area contributed by atoms with E-state index in [1.165, 1.54) is 55.4 Å². The molecule has 2 aliphatic rings. The van der Waals surface area contributed by atoms with Gasteiger partial charge in [0.1, 0.15) is 12.2 Å². The lowest BCUT2D eigenvalue weighted by atomic mass is 9.78. The van der Waals surface area contributed by atoms with Gasteiger partial charge in [-0.2, -0.15) is 9.65 Å². The first kappa shape index (κ1) is 28.2. The van der Waals surface area contributed by atoms with Crippen molar-refractivity contribution in [1.29, 1.82) is 5.26 Å². The highest BCUT2D eigenvalue weighted by molar-refractivity contribution is 5.72. The van der Waals surface area contributed by atoms with E-state index in [0.29, 0.717) is 11.8 Å². The third-order valence-electron chi connectivity index (χ3n) is 8.13. The average Bonchev–Trinajstić information content (AvgIpc) is 2.92. The van der Waals surface area contributed by atoms with Gasteiger partial charge < -0.3 is 4.74 Å². The zero-order valence-corrected chi connectivity index (χ0v) is 22.1. The molecule has 0 bridgehead atoms. The van der Waals surface area contributed by atoms with Gasteiger partial charge in [-0.05, 0) is 106 Å². The van der Waals surface area contributed by atoms with Gasteiger partial charge >= 0.3 is 5.97 Å². The van der Waals surface area contributed by atoms with Crippen LogP contribution in [0.25, 0.3) is 0 Å². The maximum Gasteiger partial charge on any atom is 0.309 e. The molecule has 3 nitrogen and oxygen atoms in total. The number of carbonyl (C=O) groups is 1. The van der Waals surface area contributed by atoms with Crippen LogP contribution in [0.2, 0.25) is 0 Å². The highest BCUT2D eigenvalue weighted by Gasteiger charge is 2.31. The van der Waals surface area contributed by atoms with Crippen LogP contribution in [0.3, 0.4) is 0 Å². The van der Waals surface area contributed by atoms with Gasteiger partial charge in [0.2, 0.25) is 0 Å². The fourth-order valence-corrected chi connectivity index (χ4v) is 5.79. The smallest absolute Gasteiger partial charge is 0.309 e. The second kappa shape index (κ2) is 15.6. The van der Waals surface area contributed by atoms with Crippen molar-refractivity contribution in [3.63, 3.8) is 0 Å². The van der Waals surface area contributed by atoms with Crippen molar-refractivity contribution < 1.29 is 13.9 Å². The molecule has 36 heavy (non-hydrogen) atoms. The summed E-state index contributed by atoms with van der Waals surface area (Å²) in [4.78, 5) is 12.8. The number of nitriles is 1. The maximum atomic E-state index is 12.8. The van der Waals surface area contributed by atoms with E-state index < -0.39 is 5.83 Å². The maximum absolute atomic E-state index is 12.8. The molecule has 0 heterocycles. The van der Waals surface area contributed by atoms with Crippen molar-refractivity contribution in [2.45, 2.75) is 115 Å². The summed E-state index contributed by atoms with van der Waals surface area (Å²) in [6.07, 6.45) is 21.2. The lowest BCUT2D eigenvalue weighted by Crippen LogP contribution is -2.29. The minimum absolute atomic E-state index is 0.0218. The number of nitrogens with zero attached hydrogens (tertiary/aromatic N) is 1. The van der Waals surface area contributed by atoms with Crippen molar-refractivity contribution in [3.8, 4) is 6.07 Å². The molecule has 3 rings (SSSR count). The first-order valence-electron chi connectivity index (χ1n) is 14.3. The first-order chi connectivity index (χ1) is 17.6. The number of hydrogen-bond donors (Lipinski definition) is 0. The molecule has 0 aromatic heterocycles. The molecule has 196 valence electrons. The van der Waals surface area contributed by atoms with Crippen LogP contribution in [0.5, 0.6) is 0 Å². The first-order valence-corrected chi connectivity index (χ1v) is 14.3. The normalized spacial score (nSPS) is 25.0. The second-order valence-electron chi connectivity index (χ2n) is 10.8. The van der Waals surface area contributed by atoms with Crippen molar-refractivity contribution in [1.82, 2.24) is 0 Å². The SMILES string of the molecule is CCCCCCc1ccc([C@H]2CC[C@H](C(=O)O[C@H]3CC[C@H](CCC=CC=C(F)C#N)CC3)CC2)cc1. The number of carbonyl (C=O) groups excluding carboxylic acids is 1. The molecule has 2 fully saturated rings. The number of esters is 1. The Morgan fingerprint density at radius 2 is 1.75 bits per heavy atom. The van der Waals surface area contributed by atoms with Crippen molar-refractivity contribution in [2.75, 3.05) is 0 Å². The second-order valence-corrected chi connectivity index (χ2v) is 10.8. The Kier molecular flexibility index (Phi) is 12.2. The summed E-state index contributed by atoms with van der Waals surface area (Å²) in [6.45, 7) is 2.25. The molecule has 0 N–H and O–H groups in total. The number of halogens is 1. The number of allylic oxidation sites excluding steroid dienone is 4. The lowest BCUT2D eigenvalue weighted by Gasteiger charge is -2.31. The van der Waals surface area contributed by atoms with E-state index in [-0.39, 0.29) is 18.0 Å². The summed E-state index contributed by atoms with van der Waals surface area (Å²) in [6, 6.07) is 10.7. The van der Waals surface area contributed by atoms with Gasteiger partial charge in [0.15, 0.2) is 5.83 Å². The van der Waals surface area contributed by atoms with Crippen LogP contribution in [0, 0.1) is 23.2 Å². The van der Waals surface area contributed by atoms with Crippen LogP contribution in [0.1, 0.15) is 114 Å². The molecule has 0 aliphatic heterocycles. The van der Waals surface area contributed by atoms with E-state index in [2.05, 4.69) is 31.2 Å². The van der Waals surface area contributed by atoms with Crippen LogP contribution < -0.4 is 0 Å². The molecule has 1 aromatic rings. The topological polar surface area (TPSA) is 50.1 Å². The van der Waals surface area contributed by atoms with Gasteiger partial charge in [-0.25, -0.2) is 0 Å². The van der Waals surface area contributed by atoms with Crippen LogP contribution in [-0.2, 0) is 16.0 Å². The van der Waals surface area contributed by atoms with Gasteiger partial charge in [0.25, 0.3) is 0 Å². The Bertz CT molecular complexity index is 882. The van der Waals surface area contributed by atoms with E-state index >= 15 is 0 Å². The van der Waals surface area contributed by atoms with Crippen molar-refractivity contribution in [3.05, 3.63) is 59.4 Å². The molecular weight excluding hydrogens is 449 g/mol. The molecule has 2 aliphatic carbocycles. The van der Waals surface area contributed by atoms with Crippen LogP contribution in [-0.4, -0.2) is 12.1 Å². The molecule has 0 unspecified atom stereocenters. The molecule has 0 radical (unpaired) electrons.